The smallest absolute Gasteiger partial charge is 0.312 e. The van der Waals surface area contributed by atoms with Crippen molar-refractivity contribution in [3.05, 3.63) is 0 Å². The lowest BCUT2D eigenvalue weighted by Gasteiger charge is -2.26. The zero-order valence-electron chi connectivity index (χ0n) is 12.0. The highest BCUT2D eigenvalue weighted by atomic mass is 16.3. The van der Waals surface area contributed by atoms with Gasteiger partial charge >= 0.3 is 11.8 Å². The van der Waals surface area contributed by atoms with Crippen LogP contribution in [-0.4, -0.2) is 71.2 Å². The lowest BCUT2D eigenvalue weighted by atomic mass is 10.2. The van der Waals surface area contributed by atoms with Crippen LogP contribution < -0.4 is 0 Å². The van der Waals surface area contributed by atoms with Crippen molar-refractivity contribution in [1.82, 2.24) is 9.80 Å². The minimum Gasteiger partial charge on any atom is -0.395 e. The van der Waals surface area contributed by atoms with E-state index in [-0.39, 0.29) is 26.3 Å². The van der Waals surface area contributed by atoms with Crippen LogP contribution in [0.3, 0.4) is 0 Å². The van der Waals surface area contributed by atoms with Gasteiger partial charge in [-0.15, -0.1) is 0 Å². The molecule has 6 heteroatoms. The molecule has 0 aliphatic rings. The number of aliphatic hydroxyl groups excluding tert-OH is 2. The van der Waals surface area contributed by atoms with Crippen LogP contribution in [-0.2, 0) is 9.59 Å². The summed E-state index contributed by atoms with van der Waals surface area (Å²) in [6.45, 7) is 4.80. The van der Waals surface area contributed by atoms with Gasteiger partial charge in [-0.3, -0.25) is 9.59 Å². The molecule has 0 saturated carbocycles. The number of amides is 2. The Morgan fingerprint density at radius 2 is 1.26 bits per heavy atom. The van der Waals surface area contributed by atoms with Crippen molar-refractivity contribution in [3.63, 3.8) is 0 Å². The van der Waals surface area contributed by atoms with Gasteiger partial charge < -0.3 is 20.0 Å². The van der Waals surface area contributed by atoms with Crippen molar-refractivity contribution in [2.75, 3.05) is 39.4 Å². The number of aliphatic hydroxyl groups is 2. The highest BCUT2D eigenvalue weighted by Gasteiger charge is 2.25. The van der Waals surface area contributed by atoms with Crippen molar-refractivity contribution in [1.29, 1.82) is 0 Å². The molecule has 0 saturated heterocycles. The Balaban J connectivity index is 4.64. The van der Waals surface area contributed by atoms with Gasteiger partial charge in [-0.1, -0.05) is 20.3 Å². The summed E-state index contributed by atoms with van der Waals surface area (Å²) in [5, 5.41) is 17.8. The van der Waals surface area contributed by atoms with Gasteiger partial charge in [0.05, 0.1) is 13.2 Å². The summed E-state index contributed by atoms with van der Waals surface area (Å²) in [4.78, 5) is 26.9. The van der Waals surface area contributed by atoms with Gasteiger partial charge in [0.25, 0.3) is 0 Å². The summed E-state index contributed by atoms with van der Waals surface area (Å²) in [5.41, 5.74) is 0. The van der Waals surface area contributed by atoms with E-state index in [4.69, 9.17) is 10.2 Å². The second kappa shape index (κ2) is 10.8. The van der Waals surface area contributed by atoms with E-state index in [1.165, 1.54) is 4.90 Å². The van der Waals surface area contributed by atoms with Crippen molar-refractivity contribution in [2.45, 2.75) is 33.1 Å². The first-order valence-corrected chi connectivity index (χ1v) is 6.92. The lowest BCUT2D eigenvalue weighted by molar-refractivity contribution is -0.152. The first-order chi connectivity index (χ1) is 9.12. The molecular weight excluding hydrogens is 248 g/mol. The van der Waals surface area contributed by atoms with Gasteiger partial charge in [0.1, 0.15) is 0 Å². The number of carbonyl (C=O) groups excluding carboxylic acids is 2. The molecule has 6 nitrogen and oxygen atoms in total. The van der Waals surface area contributed by atoms with E-state index in [1.54, 1.807) is 4.90 Å². The number of hydrogen-bond acceptors (Lipinski definition) is 4. The fourth-order valence-electron chi connectivity index (χ4n) is 1.76. The Hall–Kier alpha value is -1.14. The van der Waals surface area contributed by atoms with Crippen LogP contribution in [0.1, 0.15) is 33.1 Å². The fraction of sp³-hybridized carbons (Fsp3) is 0.846. The molecule has 0 aromatic rings. The Morgan fingerprint density at radius 3 is 1.63 bits per heavy atom. The van der Waals surface area contributed by atoms with Crippen LogP contribution in [0, 0.1) is 0 Å². The van der Waals surface area contributed by atoms with Gasteiger partial charge in [-0.25, -0.2) is 0 Å². The fourth-order valence-corrected chi connectivity index (χ4v) is 1.76. The van der Waals surface area contributed by atoms with E-state index < -0.39 is 11.8 Å². The van der Waals surface area contributed by atoms with Crippen LogP contribution in [0.5, 0.6) is 0 Å². The van der Waals surface area contributed by atoms with E-state index in [1.807, 2.05) is 13.8 Å². The van der Waals surface area contributed by atoms with Gasteiger partial charge in [0.2, 0.25) is 0 Å². The highest BCUT2D eigenvalue weighted by Crippen LogP contribution is 2.01. The Morgan fingerprint density at radius 1 is 0.789 bits per heavy atom. The zero-order valence-corrected chi connectivity index (χ0v) is 12.0. The normalized spacial score (nSPS) is 10.3. The van der Waals surface area contributed by atoms with E-state index in [9.17, 15) is 9.59 Å². The first kappa shape index (κ1) is 17.9. The SMILES string of the molecule is CCCCN(CCC)C(=O)C(=O)N(CCO)CCO. The molecule has 0 aromatic heterocycles. The van der Waals surface area contributed by atoms with Crippen LogP contribution in [0.2, 0.25) is 0 Å². The van der Waals surface area contributed by atoms with Crippen molar-refractivity contribution < 1.29 is 19.8 Å². The molecule has 0 bridgehead atoms. The molecule has 112 valence electrons. The Labute approximate surface area is 115 Å². The molecule has 0 rings (SSSR count). The molecule has 2 N–H and O–H groups in total. The third-order valence-electron chi connectivity index (χ3n) is 2.77. The van der Waals surface area contributed by atoms with Crippen LogP contribution in [0.15, 0.2) is 0 Å². The summed E-state index contributed by atoms with van der Waals surface area (Å²) in [6, 6.07) is 0. The van der Waals surface area contributed by atoms with Crippen LogP contribution in [0.25, 0.3) is 0 Å². The van der Waals surface area contributed by atoms with E-state index in [0.29, 0.717) is 13.1 Å². The number of nitrogens with zero attached hydrogens (tertiary/aromatic N) is 2. The van der Waals surface area contributed by atoms with E-state index in [2.05, 4.69) is 0 Å². The van der Waals surface area contributed by atoms with Crippen LogP contribution in [0.4, 0.5) is 0 Å². The number of rotatable bonds is 9. The monoisotopic (exact) mass is 274 g/mol. The third-order valence-corrected chi connectivity index (χ3v) is 2.77. The van der Waals surface area contributed by atoms with E-state index in [0.717, 1.165) is 19.3 Å². The minimum atomic E-state index is -0.646. The Bertz CT molecular complexity index is 265. The molecule has 0 spiro atoms. The summed E-state index contributed by atoms with van der Waals surface area (Å²) in [7, 11) is 0. The molecule has 0 atom stereocenters. The largest absolute Gasteiger partial charge is 0.395 e. The topological polar surface area (TPSA) is 81.1 Å². The second-order valence-electron chi connectivity index (χ2n) is 4.39. The predicted molar refractivity (Wildman–Crippen MR) is 72.5 cm³/mol. The summed E-state index contributed by atoms with van der Waals surface area (Å²) in [6.07, 6.45) is 2.61. The molecule has 0 aromatic carbocycles. The standard InChI is InChI=1S/C13H26N2O4/c1-3-5-7-14(6-4-2)12(18)13(19)15(8-10-16)9-11-17/h16-17H,3-11H2,1-2H3. The zero-order chi connectivity index (χ0) is 14.7. The summed E-state index contributed by atoms with van der Waals surface area (Å²) >= 11 is 0. The quantitative estimate of drug-likeness (QED) is 0.572. The van der Waals surface area contributed by atoms with Gasteiger partial charge in [0, 0.05) is 26.2 Å². The minimum absolute atomic E-state index is 0.0683. The molecule has 0 heterocycles. The third kappa shape index (κ3) is 6.54. The van der Waals surface area contributed by atoms with Gasteiger partial charge in [-0.2, -0.15) is 0 Å². The molecule has 0 radical (unpaired) electrons. The number of unbranched alkanes of at least 4 members (excludes halogenated alkanes) is 1. The maximum atomic E-state index is 12.1. The first-order valence-electron chi connectivity index (χ1n) is 6.92. The van der Waals surface area contributed by atoms with Crippen molar-refractivity contribution in [3.8, 4) is 0 Å². The lowest BCUT2D eigenvalue weighted by Crippen LogP contribution is -2.47. The maximum Gasteiger partial charge on any atom is 0.312 e. The summed E-state index contributed by atoms with van der Waals surface area (Å²) in [5.74, 6) is -1.19. The number of hydrogen-bond donors (Lipinski definition) is 2. The second-order valence-corrected chi connectivity index (χ2v) is 4.39. The maximum absolute atomic E-state index is 12.1. The number of carbonyl (C=O) groups is 2. The molecule has 19 heavy (non-hydrogen) atoms. The molecule has 2 amide bonds. The Kier molecular flexibility index (Phi) is 10.1. The molecule has 0 aliphatic carbocycles. The molecule has 0 fully saturated rings. The predicted octanol–water partition coefficient (Wildman–Crippen LogP) is -0.162. The average Bonchev–Trinajstić information content (AvgIpc) is 2.41. The highest BCUT2D eigenvalue weighted by molar-refractivity contribution is 6.34. The van der Waals surface area contributed by atoms with Gasteiger partial charge in [-0.05, 0) is 12.8 Å². The molecular formula is C13H26N2O4. The van der Waals surface area contributed by atoms with Crippen LogP contribution >= 0.6 is 0 Å². The van der Waals surface area contributed by atoms with Gasteiger partial charge in [0.15, 0.2) is 0 Å². The summed E-state index contributed by atoms with van der Waals surface area (Å²) < 4.78 is 0. The van der Waals surface area contributed by atoms with Crippen molar-refractivity contribution >= 4 is 11.8 Å². The van der Waals surface area contributed by atoms with Crippen molar-refractivity contribution in [2.24, 2.45) is 0 Å². The molecule has 0 unspecified atom stereocenters. The average molecular weight is 274 g/mol. The van der Waals surface area contributed by atoms with E-state index >= 15 is 0 Å². The molecule has 0 aliphatic heterocycles.